The molecule has 0 saturated carbocycles. The molecule has 2 aromatic carbocycles. The number of carbonyl (C=O) groups excluding carboxylic acids is 1. The smallest absolute Gasteiger partial charge is 0.258 e. The van der Waals surface area contributed by atoms with E-state index in [2.05, 4.69) is 11.8 Å². The average molecular weight is 329 g/mol. The van der Waals surface area contributed by atoms with E-state index in [1.807, 2.05) is 35.2 Å². The van der Waals surface area contributed by atoms with Gasteiger partial charge in [-0.2, -0.15) is 0 Å². The number of carbonyl (C=O) groups is 1. The van der Waals surface area contributed by atoms with Gasteiger partial charge in [-0.05, 0) is 49.4 Å². The van der Waals surface area contributed by atoms with Crippen LogP contribution in [0.25, 0.3) is 0 Å². The van der Waals surface area contributed by atoms with Gasteiger partial charge < -0.3 is 9.80 Å². The van der Waals surface area contributed by atoms with Crippen LogP contribution in [0.4, 0.5) is 5.69 Å². The van der Waals surface area contributed by atoms with E-state index in [-0.39, 0.29) is 11.9 Å². The fraction of sp³-hybridized carbons (Fsp3) is 0.316. The number of likely N-dealkylation sites (N-methyl/N-ethyl adjacent to an activating group) is 1. The molecule has 1 atom stereocenters. The molecular formula is C19H21ClN2O. The maximum Gasteiger partial charge on any atom is 0.258 e. The Bertz CT molecular complexity index is 657. The van der Waals surface area contributed by atoms with Crippen molar-refractivity contribution in [2.75, 3.05) is 24.5 Å². The third-order valence-electron chi connectivity index (χ3n) is 4.40. The third kappa shape index (κ3) is 3.57. The van der Waals surface area contributed by atoms with E-state index in [0.717, 1.165) is 31.7 Å². The van der Waals surface area contributed by atoms with E-state index in [1.54, 1.807) is 24.3 Å². The summed E-state index contributed by atoms with van der Waals surface area (Å²) in [5.41, 5.74) is 1.63. The minimum atomic E-state index is 0.0378. The number of nitrogens with zero attached hydrogens (tertiary/aromatic N) is 2. The zero-order valence-electron chi connectivity index (χ0n) is 13.3. The summed E-state index contributed by atoms with van der Waals surface area (Å²) in [4.78, 5) is 17.4. The van der Waals surface area contributed by atoms with Crippen molar-refractivity contribution in [3.8, 4) is 0 Å². The first-order chi connectivity index (χ1) is 11.2. The van der Waals surface area contributed by atoms with E-state index < -0.39 is 0 Å². The molecule has 0 bridgehead atoms. The van der Waals surface area contributed by atoms with Gasteiger partial charge in [-0.3, -0.25) is 4.79 Å². The molecule has 2 aromatic rings. The number of hydrogen-bond acceptors (Lipinski definition) is 2. The van der Waals surface area contributed by atoms with E-state index in [4.69, 9.17) is 11.6 Å². The fourth-order valence-corrected chi connectivity index (χ4v) is 3.25. The largest absolute Gasteiger partial charge is 0.304 e. The number of para-hydroxylation sites is 1. The first kappa shape index (κ1) is 16.0. The van der Waals surface area contributed by atoms with E-state index in [1.165, 1.54) is 0 Å². The Kier molecular flexibility index (Phi) is 4.99. The molecular weight excluding hydrogens is 308 g/mol. The summed E-state index contributed by atoms with van der Waals surface area (Å²) < 4.78 is 0. The maximum atomic E-state index is 13.1. The highest BCUT2D eigenvalue weighted by Crippen LogP contribution is 2.25. The molecule has 0 radical (unpaired) electrons. The molecule has 120 valence electrons. The van der Waals surface area contributed by atoms with Crippen LogP contribution in [-0.2, 0) is 0 Å². The molecule has 1 amide bonds. The molecule has 1 aliphatic rings. The lowest BCUT2D eigenvalue weighted by Gasteiger charge is -2.29. The van der Waals surface area contributed by atoms with Crippen LogP contribution in [0, 0.1) is 0 Å². The number of anilines is 1. The summed E-state index contributed by atoms with van der Waals surface area (Å²) >= 11 is 5.95. The molecule has 4 heteroatoms. The van der Waals surface area contributed by atoms with E-state index in [0.29, 0.717) is 10.6 Å². The average Bonchev–Trinajstić information content (AvgIpc) is 3.05. The van der Waals surface area contributed by atoms with Crippen molar-refractivity contribution in [2.24, 2.45) is 0 Å². The summed E-state index contributed by atoms with van der Waals surface area (Å²) in [6, 6.07) is 17.3. The first-order valence-corrected chi connectivity index (χ1v) is 8.43. The second-order valence-electron chi connectivity index (χ2n) is 5.85. The van der Waals surface area contributed by atoms with Crippen LogP contribution in [0.1, 0.15) is 23.7 Å². The van der Waals surface area contributed by atoms with Crippen LogP contribution >= 0.6 is 11.6 Å². The quantitative estimate of drug-likeness (QED) is 0.844. The highest BCUT2D eigenvalue weighted by Gasteiger charge is 2.31. The molecule has 1 aliphatic heterocycles. The van der Waals surface area contributed by atoms with Gasteiger partial charge in [0.25, 0.3) is 5.91 Å². The number of rotatable bonds is 4. The van der Waals surface area contributed by atoms with Crippen LogP contribution in [0.3, 0.4) is 0 Å². The summed E-state index contributed by atoms with van der Waals surface area (Å²) in [6.45, 7) is 5.15. The minimum Gasteiger partial charge on any atom is -0.304 e. The van der Waals surface area contributed by atoms with Crippen molar-refractivity contribution in [1.29, 1.82) is 0 Å². The predicted octanol–water partition coefficient (Wildman–Crippen LogP) is 4.08. The standard InChI is InChI=1S/C19H21ClN2O/c1-2-21-13-12-18(14-21)22(17-6-4-3-5-7-17)19(23)15-8-10-16(20)11-9-15/h3-11,18H,2,12-14H2,1H3. The number of likely N-dealkylation sites (tertiary alicyclic amines) is 1. The summed E-state index contributed by atoms with van der Waals surface area (Å²) in [5.74, 6) is 0.0378. The first-order valence-electron chi connectivity index (χ1n) is 8.05. The monoisotopic (exact) mass is 328 g/mol. The minimum absolute atomic E-state index is 0.0378. The number of hydrogen-bond donors (Lipinski definition) is 0. The van der Waals surface area contributed by atoms with Crippen molar-refractivity contribution in [3.05, 3.63) is 65.2 Å². The highest BCUT2D eigenvalue weighted by molar-refractivity contribution is 6.30. The fourth-order valence-electron chi connectivity index (χ4n) is 3.12. The number of halogens is 1. The van der Waals surface area contributed by atoms with Crippen molar-refractivity contribution in [3.63, 3.8) is 0 Å². The molecule has 0 spiro atoms. The number of amides is 1. The Morgan fingerprint density at radius 2 is 1.87 bits per heavy atom. The Hall–Kier alpha value is -1.84. The SMILES string of the molecule is CCN1CCC(N(C(=O)c2ccc(Cl)cc2)c2ccccc2)C1. The Balaban J connectivity index is 1.92. The lowest BCUT2D eigenvalue weighted by Crippen LogP contribution is -2.42. The molecule has 1 unspecified atom stereocenters. The molecule has 0 aliphatic carbocycles. The lowest BCUT2D eigenvalue weighted by molar-refractivity contribution is 0.0977. The van der Waals surface area contributed by atoms with Crippen molar-refractivity contribution in [2.45, 2.75) is 19.4 Å². The second-order valence-corrected chi connectivity index (χ2v) is 6.29. The molecule has 0 N–H and O–H groups in total. The third-order valence-corrected chi connectivity index (χ3v) is 4.66. The molecule has 1 fully saturated rings. The summed E-state index contributed by atoms with van der Waals surface area (Å²) in [7, 11) is 0. The summed E-state index contributed by atoms with van der Waals surface area (Å²) in [6.07, 6.45) is 1.00. The predicted molar refractivity (Wildman–Crippen MR) is 95.2 cm³/mol. The number of benzene rings is 2. The van der Waals surface area contributed by atoms with Gasteiger partial charge in [-0.1, -0.05) is 36.7 Å². The van der Waals surface area contributed by atoms with Crippen LogP contribution in [0.5, 0.6) is 0 Å². The van der Waals surface area contributed by atoms with Gasteiger partial charge >= 0.3 is 0 Å². The van der Waals surface area contributed by atoms with Crippen LogP contribution in [0.15, 0.2) is 54.6 Å². The topological polar surface area (TPSA) is 23.6 Å². The van der Waals surface area contributed by atoms with Crippen LogP contribution in [-0.4, -0.2) is 36.5 Å². The molecule has 23 heavy (non-hydrogen) atoms. The van der Waals surface area contributed by atoms with Gasteiger partial charge in [0.15, 0.2) is 0 Å². The summed E-state index contributed by atoms with van der Waals surface area (Å²) in [5, 5.41) is 0.644. The van der Waals surface area contributed by atoms with Gasteiger partial charge in [-0.15, -0.1) is 0 Å². The molecule has 3 nitrogen and oxygen atoms in total. The lowest BCUT2D eigenvalue weighted by atomic mass is 10.1. The maximum absolute atomic E-state index is 13.1. The van der Waals surface area contributed by atoms with Crippen LogP contribution < -0.4 is 4.90 Å². The van der Waals surface area contributed by atoms with Crippen molar-refractivity contribution < 1.29 is 4.79 Å². The zero-order chi connectivity index (χ0) is 16.2. The highest BCUT2D eigenvalue weighted by atomic mass is 35.5. The normalized spacial score (nSPS) is 18.1. The Morgan fingerprint density at radius 3 is 2.48 bits per heavy atom. The van der Waals surface area contributed by atoms with Crippen LogP contribution in [0.2, 0.25) is 5.02 Å². The Labute approximate surface area is 142 Å². The zero-order valence-corrected chi connectivity index (χ0v) is 14.0. The Morgan fingerprint density at radius 1 is 1.17 bits per heavy atom. The molecule has 1 heterocycles. The molecule has 0 aromatic heterocycles. The van der Waals surface area contributed by atoms with Gasteiger partial charge in [0.2, 0.25) is 0 Å². The van der Waals surface area contributed by atoms with Gasteiger partial charge in [-0.25, -0.2) is 0 Å². The van der Waals surface area contributed by atoms with Crippen molar-refractivity contribution >= 4 is 23.2 Å². The molecule has 3 rings (SSSR count). The van der Waals surface area contributed by atoms with E-state index in [9.17, 15) is 4.79 Å². The molecule has 1 saturated heterocycles. The second kappa shape index (κ2) is 7.16. The van der Waals surface area contributed by atoms with Gasteiger partial charge in [0, 0.05) is 29.4 Å². The van der Waals surface area contributed by atoms with Gasteiger partial charge in [0.05, 0.1) is 6.04 Å². The van der Waals surface area contributed by atoms with E-state index >= 15 is 0 Å². The van der Waals surface area contributed by atoms with Gasteiger partial charge in [0.1, 0.15) is 0 Å². The van der Waals surface area contributed by atoms with Crippen molar-refractivity contribution in [1.82, 2.24) is 4.90 Å².